The molecule has 0 bridgehead atoms. The van der Waals surface area contributed by atoms with Crippen LogP contribution in [0.3, 0.4) is 0 Å². The minimum absolute atomic E-state index is 0.138. The number of aromatic hydroxyl groups is 1. The van der Waals surface area contributed by atoms with Crippen molar-refractivity contribution >= 4 is 5.91 Å². The summed E-state index contributed by atoms with van der Waals surface area (Å²) in [7, 11) is 0. The van der Waals surface area contributed by atoms with E-state index in [1.54, 1.807) is 12.1 Å². The number of phenolic OH excluding ortho intramolecular Hbond substituents is 1. The van der Waals surface area contributed by atoms with E-state index in [-0.39, 0.29) is 11.7 Å². The van der Waals surface area contributed by atoms with Gasteiger partial charge >= 0.3 is 0 Å². The smallest absolute Gasteiger partial charge is 0.227 e. The van der Waals surface area contributed by atoms with Gasteiger partial charge in [-0.1, -0.05) is 18.2 Å². The van der Waals surface area contributed by atoms with E-state index in [2.05, 4.69) is 5.32 Å². The van der Waals surface area contributed by atoms with Crippen LogP contribution in [0.25, 0.3) is 0 Å². The summed E-state index contributed by atoms with van der Waals surface area (Å²) >= 11 is 0. The van der Waals surface area contributed by atoms with Gasteiger partial charge in [0.2, 0.25) is 5.91 Å². The van der Waals surface area contributed by atoms with Gasteiger partial charge in [0.05, 0.1) is 6.42 Å². The van der Waals surface area contributed by atoms with Gasteiger partial charge in [-0.25, -0.2) is 0 Å². The molecule has 0 radical (unpaired) electrons. The lowest BCUT2D eigenvalue weighted by atomic mass is 9.89. The van der Waals surface area contributed by atoms with E-state index in [0.717, 1.165) is 31.6 Å². The van der Waals surface area contributed by atoms with Gasteiger partial charge in [-0.2, -0.15) is 0 Å². The molecule has 2 atom stereocenters. The Hall–Kier alpha value is -1.55. The molecule has 2 fully saturated rings. The Morgan fingerprint density at radius 1 is 1.29 bits per heavy atom. The molecule has 2 aliphatic heterocycles. The van der Waals surface area contributed by atoms with E-state index in [9.17, 15) is 9.90 Å². The third-order valence-corrected chi connectivity index (χ3v) is 4.81. The molecule has 21 heavy (non-hydrogen) atoms. The number of hydrogen-bond acceptors (Lipinski definition) is 3. The van der Waals surface area contributed by atoms with Crippen LogP contribution in [0.1, 0.15) is 31.2 Å². The number of hydrogen-bond donors (Lipinski definition) is 2. The molecule has 2 N–H and O–H groups in total. The largest absolute Gasteiger partial charge is 0.508 e. The van der Waals surface area contributed by atoms with Crippen LogP contribution >= 0.6 is 0 Å². The summed E-state index contributed by atoms with van der Waals surface area (Å²) in [4.78, 5) is 14.5. The van der Waals surface area contributed by atoms with Crippen molar-refractivity contribution in [1.82, 2.24) is 10.2 Å². The molecule has 0 aromatic heterocycles. The van der Waals surface area contributed by atoms with Gasteiger partial charge in [-0.15, -0.1) is 0 Å². The molecule has 1 aromatic carbocycles. The summed E-state index contributed by atoms with van der Waals surface area (Å²) in [6.07, 6.45) is 5.12. The normalized spacial score (nSPS) is 26.0. The summed E-state index contributed by atoms with van der Waals surface area (Å²) in [6, 6.07) is 7.71. The topological polar surface area (TPSA) is 52.6 Å². The molecule has 1 amide bonds. The number of carbonyl (C=O) groups excluding carboxylic acids is 1. The number of para-hydroxylation sites is 1. The minimum Gasteiger partial charge on any atom is -0.508 e. The molecule has 0 saturated carbocycles. The van der Waals surface area contributed by atoms with E-state index in [1.807, 2.05) is 17.0 Å². The van der Waals surface area contributed by atoms with E-state index < -0.39 is 0 Å². The Morgan fingerprint density at radius 3 is 2.90 bits per heavy atom. The molecule has 2 saturated heterocycles. The van der Waals surface area contributed by atoms with Crippen molar-refractivity contribution in [3.63, 3.8) is 0 Å². The maximum atomic E-state index is 12.5. The predicted octanol–water partition coefficient (Wildman–Crippen LogP) is 1.93. The zero-order chi connectivity index (χ0) is 14.7. The van der Waals surface area contributed by atoms with Crippen molar-refractivity contribution in [1.29, 1.82) is 0 Å². The van der Waals surface area contributed by atoms with Crippen LogP contribution in [-0.4, -0.2) is 41.6 Å². The van der Waals surface area contributed by atoms with Gasteiger partial charge in [0.25, 0.3) is 0 Å². The molecular formula is C17H24N2O2. The summed E-state index contributed by atoms with van der Waals surface area (Å²) in [5, 5.41) is 13.4. The number of phenols is 1. The Kier molecular flexibility index (Phi) is 4.44. The number of nitrogens with one attached hydrogen (secondary N) is 1. The first-order valence-electron chi connectivity index (χ1n) is 8.02. The lowest BCUT2D eigenvalue weighted by Crippen LogP contribution is -2.46. The van der Waals surface area contributed by atoms with Gasteiger partial charge in [-0.05, 0) is 44.2 Å². The van der Waals surface area contributed by atoms with Crippen molar-refractivity contribution in [2.24, 2.45) is 5.92 Å². The van der Waals surface area contributed by atoms with Crippen molar-refractivity contribution in [3.8, 4) is 5.75 Å². The highest BCUT2D eigenvalue weighted by Gasteiger charge is 2.30. The molecule has 0 aliphatic carbocycles. The zero-order valence-corrected chi connectivity index (χ0v) is 12.4. The first-order valence-corrected chi connectivity index (χ1v) is 8.02. The summed E-state index contributed by atoms with van der Waals surface area (Å²) in [5.41, 5.74) is 0.726. The van der Waals surface area contributed by atoms with Gasteiger partial charge in [-0.3, -0.25) is 4.79 Å². The second-order valence-electron chi connectivity index (χ2n) is 6.25. The molecule has 114 valence electrons. The fourth-order valence-corrected chi connectivity index (χ4v) is 3.61. The first kappa shape index (κ1) is 14.4. The van der Waals surface area contributed by atoms with Crippen LogP contribution in [-0.2, 0) is 11.2 Å². The van der Waals surface area contributed by atoms with Gasteiger partial charge in [0.1, 0.15) is 5.75 Å². The highest BCUT2D eigenvalue weighted by atomic mass is 16.3. The number of benzene rings is 1. The van der Waals surface area contributed by atoms with Crippen LogP contribution < -0.4 is 5.32 Å². The first-order chi connectivity index (χ1) is 10.2. The van der Waals surface area contributed by atoms with Crippen molar-refractivity contribution in [3.05, 3.63) is 29.8 Å². The lowest BCUT2D eigenvalue weighted by molar-refractivity contribution is -0.132. The second kappa shape index (κ2) is 6.48. The van der Waals surface area contributed by atoms with Gasteiger partial charge < -0.3 is 15.3 Å². The quantitative estimate of drug-likeness (QED) is 0.893. The number of amides is 1. The summed E-state index contributed by atoms with van der Waals surface area (Å²) in [5.74, 6) is 0.950. The standard InChI is InChI=1S/C17H24N2O2/c20-16-8-2-1-5-13(16)11-17(21)19-10-4-6-14(12-19)15-7-3-9-18-15/h1-2,5,8,14-15,18,20H,3-4,6-7,9-12H2. The van der Waals surface area contributed by atoms with Crippen molar-refractivity contribution in [2.45, 2.75) is 38.1 Å². The third-order valence-electron chi connectivity index (χ3n) is 4.81. The Labute approximate surface area is 126 Å². The number of likely N-dealkylation sites (tertiary alicyclic amines) is 1. The highest BCUT2D eigenvalue weighted by Crippen LogP contribution is 2.25. The Morgan fingerprint density at radius 2 is 2.14 bits per heavy atom. The fourth-order valence-electron chi connectivity index (χ4n) is 3.61. The van der Waals surface area contributed by atoms with Crippen LogP contribution in [0, 0.1) is 5.92 Å². The molecule has 2 heterocycles. The molecule has 2 unspecified atom stereocenters. The van der Waals surface area contributed by atoms with Crippen LogP contribution in [0.4, 0.5) is 0 Å². The molecule has 2 aliphatic rings. The SMILES string of the molecule is O=C(Cc1ccccc1O)N1CCCC(C2CCCN2)C1. The summed E-state index contributed by atoms with van der Waals surface area (Å²) < 4.78 is 0. The van der Waals surface area contributed by atoms with Gasteiger partial charge in [0, 0.05) is 24.7 Å². The zero-order valence-electron chi connectivity index (χ0n) is 12.4. The van der Waals surface area contributed by atoms with Crippen molar-refractivity contribution in [2.75, 3.05) is 19.6 Å². The second-order valence-corrected chi connectivity index (χ2v) is 6.25. The van der Waals surface area contributed by atoms with Crippen molar-refractivity contribution < 1.29 is 9.90 Å². The molecule has 0 spiro atoms. The minimum atomic E-state index is 0.138. The lowest BCUT2D eigenvalue weighted by Gasteiger charge is -2.36. The molecule has 4 nitrogen and oxygen atoms in total. The molecule has 1 aromatic rings. The van der Waals surface area contributed by atoms with E-state index in [1.165, 1.54) is 19.3 Å². The fraction of sp³-hybridized carbons (Fsp3) is 0.588. The van der Waals surface area contributed by atoms with Crippen LogP contribution in [0.15, 0.2) is 24.3 Å². The molecule has 3 rings (SSSR count). The third kappa shape index (κ3) is 3.38. The van der Waals surface area contributed by atoms with Crippen LogP contribution in [0.5, 0.6) is 5.75 Å². The highest BCUT2D eigenvalue weighted by molar-refractivity contribution is 5.79. The molecule has 4 heteroatoms. The van der Waals surface area contributed by atoms with E-state index in [4.69, 9.17) is 0 Å². The van der Waals surface area contributed by atoms with Crippen LogP contribution in [0.2, 0.25) is 0 Å². The number of carbonyl (C=O) groups is 1. The van der Waals surface area contributed by atoms with E-state index in [0.29, 0.717) is 18.4 Å². The number of nitrogens with zero attached hydrogens (tertiary/aromatic N) is 1. The maximum absolute atomic E-state index is 12.5. The van der Waals surface area contributed by atoms with Gasteiger partial charge in [0.15, 0.2) is 0 Å². The monoisotopic (exact) mass is 288 g/mol. The Bertz CT molecular complexity index is 497. The molecular weight excluding hydrogens is 264 g/mol. The maximum Gasteiger partial charge on any atom is 0.227 e. The average Bonchev–Trinajstić information content (AvgIpc) is 3.04. The number of rotatable bonds is 3. The Balaban J connectivity index is 1.60. The average molecular weight is 288 g/mol. The number of piperidine rings is 1. The predicted molar refractivity (Wildman–Crippen MR) is 82.1 cm³/mol. The summed E-state index contributed by atoms with van der Waals surface area (Å²) in [6.45, 7) is 2.84. The van der Waals surface area contributed by atoms with E-state index >= 15 is 0 Å².